The first kappa shape index (κ1) is 8.34. The van der Waals surface area contributed by atoms with Gasteiger partial charge >= 0.3 is 0 Å². The second kappa shape index (κ2) is 4.97. The number of hydrogen-bond donors (Lipinski definition) is 1. The monoisotopic (exact) mass is 167 g/mol. The summed E-state index contributed by atoms with van der Waals surface area (Å²) in [5.41, 5.74) is 1.24. The minimum Gasteiger partial charge on any atom is -0.384 e. The lowest BCUT2D eigenvalue weighted by atomic mass is 10.3. The first-order valence-electron chi connectivity index (χ1n) is 3.80. The van der Waals surface area contributed by atoms with E-state index in [0.717, 1.165) is 13.0 Å². The Hall–Kier alpha value is -0.760. The molecule has 0 spiro atoms. The van der Waals surface area contributed by atoms with Crippen molar-refractivity contribution in [2.75, 3.05) is 11.9 Å². The molecule has 0 amide bonds. The normalized spacial score (nSPS) is 9.45. The Morgan fingerprint density at radius 2 is 2.55 bits per heavy atom. The number of hydrogen-bond acceptors (Lipinski definition) is 2. The summed E-state index contributed by atoms with van der Waals surface area (Å²) in [6, 6.07) is 2.10. The molecule has 1 nitrogen and oxygen atoms in total. The van der Waals surface area contributed by atoms with Crippen LogP contribution in [-0.2, 0) is 0 Å². The van der Waals surface area contributed by atoms with Crippen LogP contribution in [0.3, 0.4) is 0 Å². The van der Waals surface area contributed by atoms with Crippen molar-refractivity contribution in [2.24, 2.45) is 0 Å². The van der Waals surface area contributed by atoms with Gasteiger partial charge in [-0.05, 0) is 24.3 Å². The summed E-state index contributed by atoms with van der Waals surface area (Å²) in [6.45, 7) is 4.71. The lowest BCUT2D eigenvalue weighted by molar-refractivity contribution is 0.891. The van der Waals surface area contributed by atoms with Crippen LogP contribution in [0.1, 0.15) is 12.8 Å². The Morgan fingerprint density at radius 1 is 1.64 bits per heavy atom. The molecule has 0 aromatic carbocycles. The molecule has 11 heavy (non-hydrogen) atoms. The van der Waals surface area contributed by atoms with E-state index in [1.165, 1.54) is 12.1 Å². The van der Waals surface area contributed by atoms with E-state index in [1.807, 2.05) is 6.08 Å². The van der Waals surface area contributed by atoms with Gasteiger partial charge in [0.25, 0.3) is 0 Å². The van der Waals surface area contributed by atoms with Gasteiger partial charge in [0.1, 0.15) is 0 Å². The van der Waals surface area contributed by atoms with Crippen molar-refractivity contribution in [3.8, 4) is 0 Å². The molecule has 0 aliphatic carbocycles. The van der Waals surface area contributed by atoms with Crippen molar-refractivity contribution in [1.29, 1.82) is 0 Å². The van der Waals surface area contributed by atoms with Crippen molar-refractivity contribution in [2.45, 2.75) is 12.8 Å². The highest BCUT2D eigenvalue weighted by Crippen LogP contribution is 2.11. The molecule has 0 radical (unpaired) electrons. The van der Waals surface area contributed by atoms with E-state index in [4.69, 9.17) is 0 Å². The molecule has 0 unspecified atom stereocenters. The molecule has 0 saturated heterocycles. The summed E-state index contributed by atoms with van der Waals surface area (Å²) in [4.78, 5) is 0. The standard InChI is InChI=1S/C9H13NS/c1-2-3-4-6-10-9-5-7-11-8-9/h2,5,7-8,10H,1,3-4,6H2. The van der Waals surface area contributed by atoms with E-state index < -0.39 is 0 Å². The molecule has 60 valence electrons. The number of unbranched alkanes of at least 4 members (excludes halogenated alkanes) is 1. The Balaban J connectivity index is 2.09. The van der Waals surface area contributed by atoms with E-state index in [-0.39, 0.29) is 0 Å². The molecule has 0 saturated carbocycles. The molecule has 1 rings (SSSR count). The van der Waals surface area contributed by atoms with E-state index >= 15 is 0 Å². The van der Waals surface area contributed by atoms with E-state index in [1.54, 1.807) is 11.3 Å². The van der Waals surface area contributed by atoms with E-state index in [2.05, 4.69) is 28.7 Å². The average molecular weight is 167 g/mol. The molecular formula is C9H13NS. The molecule has 2 heteroatoms. The number of allylic oxidation sites excluding steroid dienone is 1. The van der Waals surface area contributed by atoms with Crippen molar-refractivity contribution >= 4 is 17.0 Å². The van der Waals surface area contributed by atoms with Gasteiger partial charge in [-0.2, -0.15) is 11.3 Å². The quantitative estimate of drug-likeness (QED) is 0.525. The summed E-state index contributed by atoms with van der Waals surface area (Å²) in [7, 11) is 0. The van der Waals surface area contributed by atoms with Gasteiger partial charge in [-0.1, -0.05) is 6.08 Å². The Morgan fingerprint density at radius 3 is 3.18 bits per heavy atom. The van der Waals surface area contributed by atoms with Crippen LogP contribution < -0.4 is 5.32 Å². The molecule has 0 bridgehead atoms. The summed E-state index contributed by atoms with van der Waals surface area (Å²) in [5, 5.41) is 7.52. The van der Waals surface area contributed by atoms with Crippen LogP contribution in [-0.4, -0.2) is 6.54 Å². The first-order chi connectivity index (χ1) is 5.43. The number of nitrogens with one attached hydrogen (secondary N) is 1. The number of rotatable bonds is 5. The molecule has 0 atom stereocenters. The van der Waals surface area contributed by atoms with Crippen molar-refractivity contribution in [3.63, 3.8) is 0 Å². The van der Waals surface area contributed by atoms with Crippen LogP contribution >= 0.6 is 11.3 Å². The number of thiophene rings is 1. The molecule has 1 aromatic rings. The van der Waals surface area contributed by atoms with Gasteiger partial charge in [-0.25, -0.2) is 0 Å². The van der Waals surface area contributed by atoms with Gasteiger partial charge < -0.3 is 5.32 Å². The highest BCUT2D eigenvalue weighted by Gasteiger charge is 1.88. The van der Waals surface area contributed by atoms with Gasteiger partial charge in [-0.15, -0.1) is 6.58 Å². The minimum atomic E-state index is 1.04. The zero-order valence-electron chi connectivity index (χ0n) is 6.55. The van der Waals surface area contributed by atoms with Crippen LogP contribution in [0.5, 0.6) is 0 Å². The van der Waals surface area contributed by atoms with Gasteiger partial charge in [0.05, 0.1) is 0 Å². The van der Waals surface area contributed by atoms with Crippen molar-refractivity contribution in [3.05, 3.63) is 29.5 Å². The average Bonchev–Trinajstić information content (AvgIpc) is 2.50. The largest absolute Gasteiger partial charge is 0.384 e. The molecule has 1 heterocycles. The fraction of sp³-hybridized carbons (Fsp3) is 0.333. The zero-order valence-corrected chi connectivity index (χ0v) is 7.36. The summed E-state index contributed by atoms with van der Waals surface area (Å²) in [5.74, 6) is 0. The second-order valence-electron chi connectivity index (χ2n) is 2.37. The predicted molar refractivity (Wildman–Crippen MR) is 52.2 cm³/mol. The third-order valence-electron chi connectivity index (χ3n) is 1.44. The maximum Gasteiger partial charge on any atom is 0.0448 e. The minimum absolute atomic E-state index is 1.04. The molecule has 0 aliphatic heterocycles. The summed E-state index contributed by atoms with van der Waals surface area (Å²) < 4.78 is 0. The zero-order chi connectivity index (χ0) is 7.94. The van der Waals surface area contributed by atoms with Crippen LogP contribution in [0, 0.1) is 0 Å². The van der Waals surface area contributed by atoms with E-state index in [0.29, 0.717) is 0 Å². The third kappa shape index (κ3) is 3.23. The van der Waals surface area contributed by atoms with E-state index in [9.17, 15) is 0 Å². The fourth-order valence-corrected chi connectivity index (χ4v) is 1.46. The van der Waals surface area contributed by atoms with Gasteiger partial charge in [0.2, 0.25) is 0 Å². The molecule has 0 aliphatic rings. The van der Waals surface area contributed by atoms with Gasteiger partial charge in [-0.3, -0.25) is 0 Å². The lowest BCUT2D eigenvalue weighted by Crippen LogP contribution is -1.98. The molecule has 1 N–H and O–H groups in total. The highest BCUT2D eigenvalue weighted by molar-refractivity contribution is 7.08. The predicted octanol–water partition coefficient (Wildman–Crippen LogP) is 3.13. The van der Waals surface area contributed by atoms with Crippen LogP contribution in [0.15, 0.2) is 29.5 Å². The SMILES string of the molecule is C=CCCCNc1ccsc1. The summed E-state index contributed by atoms with van der Waals surface area (Å²) >= 11 is 1.72. The molecule has 1 aromatic heterocycles. The Labute approximate surface area is 71.8 Å². The van der Waals surface area contributed by atoms with Crippen molar-refractivity contribution < 1.29 is 0 Å². The molecular weight excluding hydrogens is 154 g/mol. The topological polar surface area (TPSA) is 12.0 Å². The Bertz CT molecular complexity index is 191. The van der Waals surface area contributed by atoms with Gasteiger partial charge in [0.15, 0.2) is 0 Å². The maximum absolute atomic E-state index is 3.67. The molecule has 0 fully saturated rings. The third-order valence-corrected chi connectivity index (χ3v) is 2.12. The van der Waals surface area contributed by atoms with Crippen LogP contribution in [0.4, 0.5) is 5.69 Å². The Kier molecular flexibility index (Phi) is 3.76. The second-order valence-corrected chi connectivity index (χ2v) is 3.15. The van der Waals surface area contributed by atoms with Crippen LogP contribution in [0.2, 0.25) is 0 Å². The van der Waals surface area contributed by atoms with Gasteiger partial charge in [0, 0.05) is 17.6 Å². The number of anilines is 1. The lowest BCUT2D eigenvalue weighted by Gasteiger charge is -2.00. The van der Waals surface area contributed by atoms with Crippen LogP contribution in [0.25, 0.3) is 0 Å². The van der Waals surface area contributed by atoms with Crippen molar-refractivity contribution in [1.82, 2.24) is 0 Å². The maximum atomic E-state index is 3.67. The fourth-order valence-electron chi connectivity index (χ4n) is 0.844. The smallest absolute Gasteiger partial charge is 0.0448 e. The summed E-state index contributed by atoms with van der Waals surface area (Å²) in [6.07, 6.45) is 4.21. The highest BCUT2D eigenvalue weighted by atomic mass is 32.1. The first-order valence-corrected chi connectivity index (χ1v) is 4.74.